The molecule has 1 aliphatic carbocycles. The standard InChI is InChI=1S/C9H14N2O/c1-7-8(11-6-10-7)2-3-9(12)4-5-9/h6,12H,2-5H2,1H3,(H,10,11). The second kappa shape index (κ2) is 2.59. The molecule has 0 amide bonds. The predicted molar refractivity (Wildman–Crippen MR) is 45.8 cm³/mol. The quantitative estimate of drug-likeness (QED) is 0.708. The number of H-pyrrole nitrogens is 1. The van der Waals surface area contributed by atoms with Crippen LogP contribution in [0.3, 0.4) is 0 Å². The van der Waals surface area contributed by atoms with Crippen LogP contribution in [0.25, 0.3) is 0 Å². The Morgan fingerprint density at radius 3 is 2.92 bits per heavy atom. The number of aromatic amines is 1. The Morgan fingerprint density at radius 1 is 1.67 bits per heavy atom. The lowest BCUT2D eigenvalue weighted by Gasteiger charge is -2.04. The number of imidazole rings is 1. The van der Waals surface area contributed by atoms with Crippen molar-refractivity contribution in [1.82, 2.24) is 9.97 Å². The summed E-state index contributed by atoms with van der Waals surface area (Å²) in [5, 5.41) is 9.58. The van der Waals surface area contributed by atoms with Gasteiger partial charge in [-0.2, -0.15) is 0 Å². The highest BCUT2D eigenvalue weighted by Crippen LogP contribution is 2.39. The number of aryl methyl sites for hydroxylation is 2. The Bertz CT molecular complexity index is 276. The summed E-state index contributed by atoms with van der Waals surface area (Å²) in [6.45, 7) is 2.01. The van der Waals surface area contributed by atoms with Gasteiger partial charge in [-0.3, -0.25) is 0 Å². The summed E-state index contributed by atoms with van der Waals surface area (Å²) >= 11 is 0. The van der Waals surface area contributed by atoms with E-state index >= 15 is 0 Å². The Labute approximate surface area is 71.8 Å². The first kappa shape index (κ1) is 7.80. The van der Waals surface area contributed by atoms with Crippen LogP contribution in [-0.2, 0) is 6.42 Å². The van der Waals surface area contributed by atoms with Crippen molar-refractivity contribution in [2.24, 2.45) is 0 Å². The molecule has 12 heavy (non-hydrogen) atoms. The normalized spacial score (nSPS) is 19.5. The van der Waals surface area contributed by atoms with Crippen molar-refractivity contribution >= 4 is 0 Å². The molecule has 3 nitrogen and oxygen atoms in total. The molecule has 1 aromatic heterocycles. The molecule has 3 heteroatoms. The number of aromatic nitrogens is 2. The molecule has 1 aromatic rings. The van der Waals surface area contributed by atoms with Crippen LogP contribution in [0.5, 0.6) is 0 Å². The van der Waals surface area contributed by atoms with E-state index in [-0.39, 0.29) is 5.60 Å². The molecular weight excluding hydrogens is 152 g/mol. The molecule has 0 unspecified atom stereocenters. The van der Waals surface area contributed by atoms with Crippen LogP contribution in [0.4, 0.5) is 0 Å². The van der Waals surface area contributed by atoms with Gasteiger partial charge in [-0.1, -0.05) is 0 Å². The molecule has 0 saturated heterocycles. The van der Waals surface area contributed by atoms with E-state index < -0.39 is 0 Å². The van der Waals surface area contributed by atoms with Crippen molar-refractivity contribution in [3.8, 4) is 0 Å². The predicted octanol–water partition coefficient (Wildman–Crippen LogP) is 1.18. The molecule has 2 N–H and O–H groups in total. The minimum atomic E-state index is -0.342. The third-order valence-electron chi connectivity index (χ3n) is 2.59. The van der Waals surface area contributed by atoms with Gasteiger partial charge in [0.05, 0.1) is 17.6 Å². The number of nitrogens with one attached hydrogen (secondary N) is 1. The largest absolute Gasteiger partial charge is 0.390 e. The van der Waals surface area contributed by atoms with E-state index in [1.165, 1.54) is 0 Å². The maximum absolute atomic E-state index is 9.58. The van der Waals surface area contributed by atoms with Crippen molar-refractivity contribution in [2.75, 3.05) is 0 Å². The third-order valence-corrected chi connectivity index (χ3v) is 2.59. The Balaban J connectivity index is 1.91. The van der Waals surface area contributed by atoms with E-state index in [1.54, 1.807) is 6.33 Å². The van der Waals surface area contributed by atoms with Gasteiger partial charge in [0, 0.05) is 5.69 Å². The van der Waals surface area contributed by atoms with E-state index in [4.69, 9.17) is 0 Å². The number of rotatable bonds is 3. The second-order valence-electron chi connectivity index (χ2n) is 3.70. The number of aliphatic hydroxyl groups is 1. The molecule has 0 aromatic carbocycles. The minimum Gasteiger partial charge on any atom is -0.390 e. The fraction of sp³-hybridized carbons (Fsp3) is 0.667. The van der Waals surface area contributed by atoms with Crippen molar-refractivity contribution in [3.63, 3.8) is 0 Å². The molecular formula is C9H14N2O. The second-order valence-corrected chi connectivity index (χ2v) is 3.70. The van der Waals surface area contributed by atoms with Crippen molar-refractivity contribution in [3.05, 3.63) is 17.7 Å². The zero-order valence-electron chi connectivity index (χ0n) is 7.30. The Morgan fingerprint density at radius 2 is 2.42 bits per heavy atom. The fourth-order valence-electron chi connectivity index (χ4n) is 1.38. The number of hydrogen-bond donors (Lipinski definition) is 2. The van der Waals surface area contributed by atoms with E-state index in [2.05, 4.69) is 9.97 Å². The third kappa shape index (κ3) is 1.50. The summed E-state index contributed by atoms with van der Waals surface area (Å²) in [6, 6.07) is 0. The van der Waals surface area contributed by atoms with Gasteiger partial charge in [-0.15, -0.1) is 0 Å². The van der Waals surface area contributed by atoms with Crippen LogP contribution < -0.4 is 0 Å². The van der Waals surface area contributed by atoms with Crippen LogP contribution >= 0.6 is 0 Å². The zero-order chi connectivity index (χ0) is 8.60. The van der Waals surface area contributed by atoms with Crippen LogP contribution in [0.2, 0.25) is 0 Å². The van der Waals surface area contributed by atoms with E-state index in [0.29, 0.717) is 0 Å². The van der Waals surface area contributed by atoms with Gasteiger partial charge in [0.1, 0.15) is 0 Å². The van der Waals surface area contributed by atoms with E-state index in [1.807, 2.05) is 6.92 Å². The highest BCUT2D eigenvalue weighted by Gasteiger charge is 2.39. The summed E-state index contributed by atoms with van der Waals surface area (Å²) in [7, 11) is 0. The van der Waals surface area contributed by atoms with Gasteiger partial charge in [-0.05, 0) is 32.6 Å². The monoisotopic (exact) mass is 166 g/mol. The lowest BCUT2D eigenvalue weighted by molar-refractivity contribution is 0.140. The summed E-state index contributed by atoms with van der Waals surface area (Å²) < 4.78 is 0. The molecule has 1 aliphatic rings. The van der Waals surface area contributed by atoms with E-state index in [0.717, 1.165) is 37.1 Å². The SMILES string of the molecule is Cc1[nH]cnc1CCC1(O)CC1. The molecule has 0 radical (unpaired) electrons. The number of hydrogen-bond acceptors (Lipinski definition) is 2. The summed E-state index contributed by atoms with van der Waals surface area (Å²) in [5.74, 6) is 0. The molecule has 2 rings (SSSR count). The fourth-order valence-corrected chi connectivity index (χ4v) is 1.38. The maximum atomic E-state index is 9.58. The molecule has 1 saturated carbocycles. The first-order valence-corrected chi connectivity index (χ1v) is 4.41. The average molecular weight is 166 g/mol. The summed E-state index contributed by atoms with van der Waals surface area (Å²) in [6.07, 6.45) is 5.40. The first-order valence-electron chi connectivity index (χ1n) is 4.41. The lowest BCUT2D eigenvalue weighted by Crippen LogP contribution is -2.08. The molecule has 0 atom stereocenters. The van der Waals surface area contributed by atoms with Crippen LogP contribution in [0, 0.1) is 6.92 Å². The minimum absolute atomic E-state index is 0.342. The molecule has 1 heterocycles. The van der Waals surface area contributed by atoms with Gasteiger partial charge in [0.25, 0.3) is 0 Å². The first-order chi connectivity index (χ1) is 5.70. The molecule has 66 valence electrons. The lowest BCUT2D eigenvalue weighted by atomic mass is 10.1. The Kier molecular flexibility index (Phi) is 1.68. The highest BCUT2D eigenvalue weighted by atomic mass is 16.3. The van der Waals surface area contributed by atoms with Crippen molar-refractivity contribution in [1.29, 1.82) is 0 Å². The van der Waals surface area contributed by atoms with Gasteiger partial charge in [-0.25, -0.2) is 4.98 Å². The van der Waals surface area contributed by atoms with Gasteiger partial charge in [0.15, 0.2) is 0 Å². The summed E-state index contributed by atoms with van der Waals surface area (Å²) in [4.78, 5) is 7.21. The summed E-state index contributed by atoms with van der Waals surface area (Å²) in [5.41, 5.74) is 1.88. The van der Waals surface area contributed by atoms with Crippen LogP contribution in [0.15, 0.2) is 6.33 Å². The van der Waals surface area contributed by atoms with Crippen LogP contribution in [-0.4, -0.2) is 20.7 Å². The molecule has 0 aliphatic heterocycles. The van der Waals surface area contributed by atoms with Crippen molar-refractivity contribution in [2.45, 2.75) is 38.2 Å². The smallest absolute Gasteiger partial charge is 0.0925 e. The van der Waals surface area contributed by atoms with Gasteiger partial charge in [0.2, 0.25) is 0 Å². The van der Waals surface area contributed by atoms with Crippen LogP contribution in [0.1, 0.15) is 30.7 Å². The highest BCUT2D eigenvalue weighted by molar-refractivity contribution is 5.10. The zero-order valence-corrected chi connectivity index (χ0v) is 7.30. The maximum Gasteiger partial charge on any atom is 0.0925 e. The molecule has 0 bridgehead atoms. The molecule has 0 spiro atoms. The van der Waals surface area contributed by atoms with E-state index in [9.17, 15) is 5.11 Å². The topological polar surface area (TPSA) is 48.9 Å². The van der Waals surface area contributed by atoms with Gasteiger partial charge >= 0.3 is 0 Å². The Hall–Kier alpha value is -0.830. The molecule has 1 fully saturated rings. The number of nitrogens with zero attached hydrogens (tertiary/aromatic N) is 1. The average Bonchev–Trinajstić information content (AvgIpc) is 2.61. The van der Waals surface area contributed by atoms with Crippen molar-refractivity contribution < 1.29 is 5.11 Å². The van der Waals surface area contributed by atoms with Gasteiger partial charge < -0.3 is 10.1 Å².